The topological polar surface area (TPSA) is 60.3 Å². The van der Waals surface area contributed by atoms with E-state index in [4.69, 9.17) is 16.3 Å². The number of aromatic nitrogens is 1. The Balaban J connectivity index is 1.78. The fourth-order valence-corrected chi connectivity index (χ4v) is 2.89. The lowest BCUT2D eigenvalue weighted by Crippen LogP contribution is -2.25. The summed E-state index contributed by atoms with van der Waals surface area (Å²) in [5, 5.41) is 3.01. The molecule has 0 bridgehead atoms. The zero-order valence-corrected chi connectivity index (χ0v) is 15.8. The van der Waals surface area contributed by atoms with E-state index >= 15 is 0 Å². The molecular formula is C21H19ClN2O3. The second-order valence-corrected chi connectivity index (χ2v) is 6.57. The Bertz CT molecular complexity index is 977. The molecule has 0 saturated heterocycles. The van der Waals surface area contributed by atoms with Crippen molar-refractivity contribution in [3.8, 4) is 5.75 Å². The van der Waals surface area contributed by atoms with Gasteiger partial charge in [-0.15, -0.1) is 0 Å². The van der Waals surface area contributed by atoms with E-state index in [9.17, 15) is 9.59 Å². The normalized spacial score (nSPS) is 10.5. The van der Waals surface area contributed by atoms with Crippen molar-refractivity contribution >= 4 is 29.0 Å². The van der Waals surface area contributed by atoms with E-state index in [2.05, 4.69) is 5.32 Å². The highest BCUT2D eigenvalue weighted by Gasteiger charge is 2.21. The minimum Gasteiger partial charge on any atom is -0.495 e. The monoisotopic (exact) mass is 382 g/mol. The van der Waals surface area contributed by atoms with Crippen LogP contribution in [0.5, 0.6) is 5.75 Å². The Hall–Kier alpha value is -3.05. The molecule has 0 fully saturated rings. The number of Topliss-reactive ketones (excluding diaryl/α,β-unsaturated/α-hetero) is 1. The maximum atomic E-state index is 12.7. The zero-order chi connectivity index (χ0) is 19.4. The summed E-state index contributed by atoms with van der Waals surface area (Å²) < 4.78 is 6.95. The summed E-state index contributed by atoms with van der Waals surface area (Å²) in [5.41, 5.74) is 2.87. The van der Waals surface area contributed by atoms with E-state index in [-0.39, 0.29) is 0 Å². The van der Waals surface area contributed by atoms with Crippen molar-refractivity contribution in [3.63, 3.8) is 0 Å². The van der Waals surface area contributed by atoms with Crippen molar-refractivity contribution in [2.45, 2.75) is 13.5 Å². The standard InChI is InChI=1S/C21H19ClN2O3/c1-14-5-7-15(8-6-14)13-24-11-3-4-18(24)20(25)21(26)23-17-12-16(22)9-10-19(17)27-2/h3-12H,13H2,1-2H3,(H,23,26). The first kappa shape index (κ1) is 18.7. The number of carbonyl (C=O) groups is 2. The molecule has 0 spiro atoms. The summed E-state index contributed by atoms with van der Waals surface area (Å²) in [5.74, 6) is -0.954. The van der Waals surface area contributed by atoms with E-state index < -0.39 is 11.7 Å². The van der Waals surface area contributed by atoms with E-state index in [1.165, 1.54) is 13.2 Å². The molecule has 138 valence electrons. The van der Waals surface area contributed by atoms with Gasteiger partial charge in [-0.05, 0) is 42.8 Å². The molecule has 3 aromatic rings. The number of hydrogen-bond donors (Lipinski definition) is 1. The van der Waals surface area contributed by atoms with E-state index in [1.807, 2.05) is 31.2 Å². The number of halogens is 1. The number of methoxy groups -OCH3 is 1. The predicted octanol–water partition coefficient (Wildman–Crippen LogP) is 4.33. The first-order chi connectivity index (χ1) is 13.0. The molecule has 0 aliphatic rings. The third kappa shape index (κ3) is 4.38. The largest absolute Gasteiger partial charge is 0.495 e. The number of ether oxygens (including phenoxy) is 1. The van der Waals surface area contributed by atoms with Crippen molar-refractivity contribution in [2.24, 2.45) is 0 Å². The molecule has 1 amide bonds. The van der Waals surface area contributed by atoms with Crippen LogP contribution in [0.3, 0.4) is 0 Å². The molecule has 0 aliphatic heterocycles. The quantitative estimate of drug-likeness (QED) is 0.510. The minimum absolute atomic E-state index is 0.314. The third-order valence-corrected chi connectivity index (χ3v) is 4.39. The summed E-state index contributed by atoms with van der Waals surface area (Å²) in [6.45, 7) is 2.52. The predicted molar refractivity (Wildman–Crippen MR) is 106 cm³/mol. The van der Waals surface area contributed by atoms with Gasteiger partial charge in [0.2, 0.25) is 0 Å². The molecule has 0 unspecified atom stereocenters. The third-order valence-electron chi connectivity index (χ3n) is 4.15. The highest BCUT2D eigenvalue weighted by molar-refractivity contribution is 6.46. The molecule has 0 saturated carbocycles. The number of carbonyl (C=O) groups excluding carboxylic acids is 2. The van der Waals surface area contributed by atoms with Crippen LogP contribution in [-0.4, -0.2) is 23.4 Å². The molecule has 27 heavy (non-hydrogen) atoms. The summed E-state index contributed by atoms with van der Waals surface area (Å²) in [6.07, 6.45) is 1.78. The second-order valence-electron chi connectivity index (χ2n) is 6.13. The summed E-state index contributed by atoms with van der Waals surface area (Å²) in [4.78, 5) is 25.1. The number of hydrogen-bond acceptors (Lipinski definition) is 3. The van der Waals surface area contributed by atoms with Gasteiger partial charge >= 0.3 is 0 Å². The van der Waals surface area contributed by atoms with Gasteiger partial charge in [0.15, 0.2) is 0 Å². The highest BCUT2D eigenvalue weighted by Crippen LogP contribution is 2.27. The van der Waals surface area contributed by atoms with Crippen LogP contribution in [0, 0.1) is 6.92 Å². The van der Waals surface area contributed by atoms with Crippen molar-refractivity contribution in [1.82, 2.24) is 4.57 Å². The summed E-state index contributed by atoms with van der Waals surface area (Å²) >= 11 is 5.97. The second kappa shape index (κ2) is 8.10. The Morgan fingerprint density at radius 2 is 1.85 bits per heavy atom. The number of ketones is 1. The van der Waals surface area contributed by atoms with Gasteiger partial charge in [0.05, 0.1) is 18.5 Å². The Labute approximate surface area is 162 Å². The average molecular weight is 383 g/mol. The Kier molecular flexibility index (Phi) is 5.62. The van der Waals surface area contributed by atoms with Gasteiger partial charge in [0.25, 0.3) is 11.7 Å². The number of rotatable bonds is 6. The molecule has 3 rings (SSSR count). The first-order valence-corrected chi connectivity index (χ1v) is 8.75. The summed E-state index contributed by atoms with van der Waals surface area (Å²) in [6, 6.07) is 16.2. The molecule has 5 nitrogen and oxygen atoms in total. The van der Waals surface area contributed by atoms with Crippen LogP contribution < -0.4 is 10.1 Å². The van der Waals surface area contributed by atoms with Crippen LogP contribution in [0.25, 0.3) is 0 Å². The molecule has 1 heterocycles. The fourth-order valence-electron chi connectivity index (χ4n) is 2.72. The lowest BCUT2D eigenvalue weighted by atomic mass is 10.1. The van der Waals surface area contributed by atoms with Crippen molar-refractivity contribution in [1.29, 1.82) is 0 Å². The number of nitrogens with zero attached hydrogens (tertiary/aromatic N) is 1. The van der Waals surface area contributed by atoms with Crippen molar-refractivity contribution < 1.29 is 14.3 Å². The number of benzene rings is 2. The van der Waals surface area contributed by atoms with Gasteiger partial charge in [-0.25, -0.2) is 0 Å². The van der Waals surface area contributed by atoms with Crippen molar-refractivity contribution in [2.75, 3.05) is 12.4 Å². The number of anilines is 1. The van der Waals surface area contributed by atoms with Gasteiger partial charge in [0, 0.05) is 17.8 Å². The Morgan fingerprint density at radius 3 is 2.56 bits per heavy atom. The van der Waals surface area contributed by atoms with E-state index in [0.717, 1.165) is 11.1 Å². The number of aryl methyl sites for hydroxylation is 1. The van der Waals surface area contributed by atoms with Crippen LogP contribution in [0.15, 0.2) is 60.8 Å². The minimum atomic E-state index is -0.751. The van der Waals surface area contributed by atoms with Gasteiger partial charge < -0.3 is 14.6 Å². The van der Waals surface area contributed by atoms with Crippen LogP contribution in [0.1, 0.15) is 21.6 Å². The molecule has 0 radical (unpaired) electrons. The van der Waals surface area contributed by atoms with Crippen LogP contribution in [0.2, 0.25) is 5.02 Å². The van der Waals surface area contributed by atoms with Gasteiger partial charge in [-0.3, -0.25) is 9.59 Å². The smallest absolute Gasteiger partial charge is 0.298 e. The molecule has 6 heteroatoms. The number of amides is 1. The van der Waals surface area contributed by atoms with Crippen LogP contribution in [0.4, 0.5) is 5.69 Å². The van der Waals surface area contributed by atoms with Gasteiger partial charge in [-0.1, -0.05) is 41.4 Å². The summed E-state index contributed by atoms with van der Waals surface area (Å²) in [7, 11) is 1.48. The van der Waals surface area contributed by atoms with Crippen LogP contribution >= 0.6 is 11.6 Å². The van der Waals surface area contributed by atoms with E-state index in [1.54, 1.807) is 35.0 Å². The van der Waals surface area contributed by atoms with Gasteiger partial charge in [-0.2, -0.15) is 0 Å². The molecule has 1 aromatic heterocycles. The Morgan fingerprint density at radius 1 is 1.11 bits per heavy atom. The SMILES string of the molecule is COc1ccc(Cl)cc1NC(=O)C(=O)c1cccn1Cc1ccc(C)cc1. The fraction of sp³-hybridized carbons (Fsp3) is 0.143. The molecule has 0 aliphatic carbocycles. The van der Waals surface area contributed by atoms with Crippen molar-refractivity contribution in [3.05, 3.63) is 82.6 Å². The first-order valence-electron chi connectivity index (χ1n) is 8.38. The lowest BCUT2D eigenvalue weighted by Gasteiger charge is -2.11. The molecule has 2 aromatic carbocycles. The highest BCUT2D eigenvalue weighted by atomic mass is 35.5. The number of nitrogens with one attached hydrogen (secondary N) is 1. The molecule has 0 atom stereocenters. The maximum absolute atomic E-state index is 12.7. The van der Waals surface area contributed by atoms with Crippen LogP contribution in [-0.2, 0) is 11.3 Å². The van der Waals surface area contributed by atoms with E-state index in [0.29, 0.717) is 28.7 Å². The average Bonchev–Trinajstić information content (AvgIpc) is 3.11. The van der Waals surface area contributed by atoms with Gasteiger partial charge in [0.1, 0.15) is 5.75 Å². The molecular weight excluding hydrogens is 364 g/mol. The lowest BCUT2D eigenvalue weighted by molar-refractivity contribution is -0.112. The zero-order valence-electron chi connectivity index (χ0n) is 15.0. The maximum Gasteiger partial charge on any atom is 0.298 e. The molecule has 1 N–H and O–H groups in total.